The van der Waals surface area contributed by atoms with Crippen LogP contribution in [-0.2, 0) is 0 Å². The summed E-state index contributed by atoms with van der Waals surface area (Å²) >= 11 is 6.07. The molecule has 0 fully saturated rings. The molecule has 17 heavy (non-hydrogen) atoms. The van der Waals surface area contributed by atoms with Crippen LogP contribution in [0.2, 0.25) is 5.02 Å². The first-order valence-corrected chi connectivity index (χ1v) is 5.69. The number of anilines is 3. The molecule has 0 unspecified atom stereocenters. The number of hydrogen-bond donors (Lipinski definition) is 2. The Morgan fingerprint density at radius 3 is 2.71 bits per heavy atom. The highest BCUT2D eigenvalue weighted by molar-refractivity contribution is 6.33. The molecule has 0 saturated heterocycles. The molecule has 1 heterocycles. The van der Waals surface area contributed by atoms with Gasteiger partial charge in [0, 0.05) is 5.69 Å². The molecule has 88 valence electrons. The van der Waals surface area contributed by atoms with Crippen LogP contribution in [0.25, 0.3) is 0 Å². The first-order chi connectivity index (χ1) is 8.06. The molecule has 1 aromatic heterocycles. The standard InChI is InChI=1S/C13H14ClN3/c1-8-3-4-9(2)12(5-8)17-13-11(14)6-10(15)7-16-13/h3-7H,15H2,1-2H3,(H,16,17). The number of rotatable bonds is 2. The first kappa shape index (κ1) is 11.7. The Hall–Kier alpha value is -1.74. The van der Waals surface area contributed by atoms with Crippen LogP contribution in [0.4, 0.5) is 17.2 Å². The third-order valence-corrected chi connectivity index (χ3v) is 2.80. The zero-order valence-electron chi connectivity index (χ0n) is 9.79. The predicted octanol–water partition coefficient (Wildman–Crippen LogP) is 3.68. The Labute approximate surface area is 106 Å². The Bertz CT molecular complexity index is 552. The first-order valence-electron chi connectivity index (χ1n) is 5.31. The number of aryl methyl sites for hydroxylation is 2. The van der Waals surface area contributed by atoms with Crippen molar-refractivity contribution in [1.82, 2.24) is 4.98 Å². The van der Waals surface area contributed by atoms with Gasteiger partial charge in [-0.3, -0.25) is 0 Å². The lowest BCUT2D eigenvalue weighted by atomic mass is 10.1. The van der Waals surface area contributed by atoms with E-state index in [1.807, 2.05) is 13.8 Å². The molecule has 4 heteroatoms. The maximum absolute atomic E-state index is 6.07. The van der Waals surface area contributed by atoms with Crippen LogP contribution in [0.1, 0.15) is 11.1 Å². The highest BCUT2D eigenvalue weighted by atomic mass is 35.5. The second kappa shape index (κ2) is 4.63. The summed E-state index contributed by atoms with van der Waals surface area (Å²) in [5.74, 6) is 0.620. The lowest BCUT2D eigenvalue weighted by molar-refractivity contribution is 1.29. The summed E-state index contributed by atoms with van der Waals surface area (Å²) in [7, 11) is 0. The van der Waals surface area contributed by atoms with Crippen LogP contribution >= 0.6 is 11.6 Å². The van der Waals surface area contributed by atoms with Gasteiger partial charge in [0.25, 0.3) is 0 Å². The Balaban J connectivity index is 2.34. The van der Waals surface area contributed by atoms with Crippen molar-refractivity contribution in [2.75, 3.05) is 11.1 Å². The summed E-state index contributed by atoms with van der Waals surface area (Å²) in [6, 6.07) is 7.87. The largest absolute Gasteiger partial charge is 0.397 e. The molecule has 0 aliphatic carbocycles. The highest BCUT2D eigenvalue weighted by Gasteiger charge is 2.05. The Morgan fingerprint density at radius 1 is 1.24 bits per heavy atom. The fraction of sp³-hybridized carbons (Fsp3) is 0.154. The molecule has 2 rings (SSSR count). The summed E-state index contributed by atoms with van der Waals surface area (Å²) < 4.78 is 0. The van der Waals surface area contributed by atoms with Crippen molar-refractivity contribution in [3.63, 3.8) is 0 Å². The van der Waals surface area contributed by atoms with E-state index >= 15 is 0 Å². The normalized spacial score (nSPS) is 10.3. The van der Waals surface area contributed by atoms with E-state index in [4.69, 9.17) is 17.3 Å². The van der Waals surface area contributed by atoms with Crippen LogP contribution in [0.3, 0.4) is 0 Å². The molecule has 0 bridgehead atoms. The van der Waals surface area contributed by atoms with Gasteiger partial charge in [-0.1, -0.05) is 23.7 Å². The third kappa shape index (κ3) is 2.68. The summed E-state index contributed by atoms with van der Waals surface area (Å²) in [5, 5.41) is 3.73. The second-order valence-electron chi connectivity index (χ2n) is 4.04. The monoisotopic (exact) mass is 247 g/mol. The molecule has 0 spiro atoms. The smallest absolute Gasteiger partial charge is 0.149 e. The van der Waals surface area contributed by atoms with Crippen LogP contribution in [-0.4, -0.2) is 4.98 Å². The summed E-state index contributed by atoms with van der Waals surface area (Å²) in [6.45, 7) is 4.08. The van der Waals surface area contributed by atoms with E-state index in [9.17, 15) is 0 Å². The van der Waals surface area contributed by atoms with Crippen molar-refractivity contribution in [2.24, 2.45) is 0 Å². The van der Waals surface area contributed by atoms with Crippen LogP contribution in [0, 0.1) is 13.8 Å². The number of nitrogen functional groups attached to an aromatic ring is 1. The molecule has 0 atom stereocenters. The van der Waals surface area contributed by atoms with E-state index in [0.29, 0.717) is 16.5 Å². The molecule has 0 radical (unpaired) electrons. The zero-order valence-corrected chi connectivity index (χ0v) is 10.5. The van der Waals surface area contributed by atoms with E-state index in [-0.39, 0.29) is 0 Å². The molecule has 1 aromatic carbocycles. The maximum atomic E-state index is 6.07. The summed E-state index contributed by atoms with van der Waals surface area (Å²) in [6.07, 6.45) is 1.58. The van der Waals surface area contributed by atoms with Gasteiger partial charge in [0.15, 0.2) is 0 Å². The number of pyridine rings is 1. The fourth-order valence-electron chi connectivity index (χ4n) is 1.54. The third-order valence-electron chi connectivity index (χ3n) is 2.51. The van der Waals surface area contributed by atoms with Crippen molar-refractivity contribution < 1.29 is 0 Å². The molecule has 3 nitrogen and oxygen atoms in total. The van der Waals surface area contributed by atoms with Gasteiger partial charge in [-0.25, -0.2) is 4.98 Å². The van der Waals surface area contributed by atoms with Gasteiger partial charge < -0.3 is 11.1 Å². The molecule has 2 aromatic rings. The molecule has 0 saturated carbocycles. The maximum Gasteiger partial charge on any atom is 0.149 e. The number of hydrogen-bond acceptors (Lipinski definition) is 3. The van der Waals surface area contributed by atoms with E-state index < -0.39 is 0 Å². The minimum absolute atomic E-state index is 0.519. The van der Waals surface area contributed by atoms with Crippen LogP contribution in [0.15, 0.2) is 30.5 Å². The molecule has 0 amide bonds. The van der Waals surface area contributed by atoms with Crippen LogP contribution in [0.5, 0.6) is 0 Å². The van der Waals surface area contributed by atoms with Gasteiger partial charge in [-0.2, -0.15) is 0 Å². The molecule has 0 aliphatic rings. The zero-order chi connectivity index (χ0) is 12.4. The predicted molar refractivity (Wildman–Crippen MR) is 72.9 cm³/mol. The number of nitrogens with one attached hydrogen (secondary N) is 1. The van der Waals surface area contributed by atoms with E-state index in [2.05, 4.69) is 28.5 Å². The van der Waals surface area contributed by atoms with E-state index in [1.54, 1.807) is 12.3 Å². The molecular formula is C13H14ClN3. The van der Waals surface area contributed by atoms with E-state index in [1.165, 1.54) is 5.56 Å². The average molecular weight is 248 g/mol. The minimum atomic E-state index is 0.519. The Kier molecular flexibility index (Phi) is 3.20. The average Bonchev–Trinajstić information content (AvgIpc) is 2.27. The molecule has 3 N–H and O–H groups in total. The highest BCUT2D eigenvalue weighted by Crippen LogP contribution is 2.26. The van der Waals surface area contributed by atoms with E-state index in [0.717, 1.165) is 11.3 Å². The van der Waals surface area contributed by atoms with Gasteiger partial charge in [-0.15, -0.1) is 0 Å². The number of benzene rings is 1. The van der Waals surface area contributed by atoms with Crippen molar-refractivity contribution in [3.05, 3.63) is 46.6 Å². The van der Waals surface area contributed by atoms with Gasteiger partial charge in [0.1, 0.15) is 5.82 Å². The van der Waals surface area contributed by atoms with Gasteiger partial charge in [-0.05, 0) is 37.1 Å². The quantitative estimate of drug-likeness (QED) is 0.851. The number of aromatic nitrogens is 1. The Morgan fingerprint density at radius 2 is 2.00 bits per heavy atom. The van der Waals surface area contributed by atoms with Crippen molar-refractivity contribution in [1.29, 1.82) is 0 Å². The minimum Gasteiger partial charge on any atom is -0.397 e. The number of nitrogens with zero attached hydrogens (tertiary/aromatic N) is 1. The van der Waals surface area contributed by atoms with Crippen molar-refractivity contribution in [3.8, 4) is 0 Å². The molecule has 0 aliphatic heterocycles. The summed E-state index contributed by atoms with van der Waals surface area (Å²) in [5.41, 5.74) is 9.49. The van der Waals surface area contributed by atoms with Crippen LogP contribution < -0.4 is 11.1 Å². The molecular weight excluding hydrogens is 234 g/mol. The van der Waals surface area contributed by atoms with Gasteiger partial charge >= 0.3 is 0 Å². The van der Waals surface area contributed by atoms with Crippen molar-refractivity contribution in [2.45, 2.75) is 13.8 Å². The lowest BCUT2D eigenvalue weighted by Crippen LogP contribution is -1.98. The SMILES string of the molecule is Cc1ccc(C)c(Nc2ncc(N)cc2Cl)c1. The van der Waals surface area contributed by atoms with Gasteiger partial charge in [0.2, 0.25) is 0 Å². The van der Waals surface area contributed by atoms with Gasteiger partial charge in [0.05, 0.1) is 16.9 Å². The topological polar surface area (TPSA) is 50.9 Å². The number of nitrogens with two attached hydrogens (primary N) is 1. The second-order valence-corrected chi connectivity index (χ2v) is 4.45. The van der Waals surface area contributed by atoms with Crippen molar-refractivity contribution >= 4 is 28.8 Å². The number of halogens is 1. The lowest BCUT2D eigenvalue weighted by Gasteiger charge is -2.11. The summed E-state index contributed by atoms with van der Waals surface area (Å²) in [4.78, 5) is 4.18. The fourth-order valence-corrected chi connectivity index (χ4v) is 1.76.